The molecule has 2 rings (SSSR count). The van der Waals surface area contributed by atoms with Crippen molar-refractivity contribution < 1.29 is 23.9 Å². The van der Waals surface area contributed by atoms with E-state index in [0.29, 0.717) is 12.1 Å². The lowest BCUT2D eigenvalue weighted by atomic mass is 9.99. The van der Waals surface area contributed by atoms with Gasteiger partial charge in [0.2, 0.25) is 0 Å². The SMILES string of the molecule is CC[C@@]1(C)NC(=O)N(CC(=O)OCC(=O)Nc2c(C)cc(SC#N)cc2C)C1=O. The number of nitriles is 1. The van der Waals surface area contributed by atoms with Gasteiger partial charge in [-0.15, -0.1) is 0 Å². The number of imide groups is 1. The Bertz CT molecular complexity index is 887. The van der Waals surface area contributed by atoms with E-state index in [1.165, 1.54) is 0 Å². The maximum Gasteiger partial charge on any atom is 0.326 e. The first-order chi connectivity index (χ1) is 13.6. The molecule has 1 saturated heterocycles. The van der Waals surface area contributed by atoms with Crippen LogP contribution in [0.25, 0.3) is 0 Å². The Balaban J connectivity index is 1.92. The quantitative estimate of drug-likeness (QED) is 0.300. The molecule has 1 heterocycles. The number of anilines is 1. The molecule has 1 aliphatic heterocycles. The summed E-state index contributed by atoms with van der Waals surface area (Å²) in [6.07, 6.45) is 0.385. The number of benzene rings is 1. The Labute approximate surface area is 172 Å². The lowest BCUT2D eigenvalue weighted by Crippen LogP contribution is -2.43. The maximum atomic E-state index is 12.3. The van der Waals surface area contributed by atoms with E-state index in [0.717, 1.165) is 32.7 Å². The van der Waals surface area contributed by atoms with Crippen LogP contribution in [0.15, 0.2) is 17.0 Å². The molecule has 4 amide bonds. The number of carbonyl (C=O) groups is 4. The van der Waals surface area contributed by atoms with Gasteiger partial charge in [-0.05, 0) is 62.2 Å². The van der Waals surface area contributed by atoms with E-state index in [1.54, 1.807) is 39.8 Å². The van der Waals surface area contributed by atoms with E-state index in [-0.39, 0.29) is 0 Å². The van der Waals surface area contributed by atoms with Gasteiger partial charge in [-0.1, -0.05) is 6.92 Å². The van der Waals surface area contributed by atoms with Crippen molar-refractivity contribution in [1.82, 2.24) is 10.2 Å². The monoisotopic (exact) mass is 418 g/mol. The van der Waals surface area contributed by atoms with Crippen molar-refractivity contribution >= 4 is 41.3 Å². The standard InChI is InChI=1S/C19H22N4O5S/c1-5-19(4)17(26)23(18(27)22-19)8-15(25)28-9-14(24)21-16-11(2)6-13(29-10-20)7-12(16)3/h6-7H,5,8-9H2,1-4H3,(H,21,24)(H,22,27)/t19-/m1/s1. The van der Waals surface area contributed by atoms with Gasteiger partial charge in [0.25, 0.3) is 11.8 Å². The molecule has 0 aliphatic carbocycles. The highest BCUT2D eigenvalue weighted by molar-refractivity contribution is 8.03. The summed E-state index contributed by atoms with van der Waals surface area (Å²) >= 11 is 1.02. The van der Waals surface area contributed by atoms with Crippen LogP contribution in [0.3, 0.4) is 0 Å². The van der Waals surface area contributed by atoms with Gasteiger partial charge in [-0.3, -0.25) is 19.3 Å². The minimum absolute atomic E-state index is 0.385. The molecule has 1 aliphatic rings. The van der Waals surface area contributed by atoms with Gasteiger partial charge in [0.05, 0.1) is 0 Å². The van der Waals surface area contributed by atoms with Crippen molar-refractivity contribution in [2.24, 2.45) is 0 Å². The predicted octanol–water partition coefficient (Wildman–Crippen LogP) is 2.08. The zero-order valence-electron chi connectivity index (χ0n) is 16.6. The largest absolute Gasteiger partial charge is 0.454 e. The van der Waals surface area contributed by atoms with Crippen LogP contribution in [0.4, 0.5) is 10.5 Å². The number of urea groups is 1. The summed E-state index contributed by atoms with van der Waals surface area (Å²) in [5.41, 5.74) is 1.06. The van der Waals surface area contributed by atoms with Crippen LogP contribution in [-0.4, -0.2) is 47.4 Å². The third-order valence-corrected chi connectivity index (χ3v) is 5.20. The Kier molecular flexibility index (Phi) is 6.87. The number of thioether (sulfide) groups is 1. The third kappa shape index (κ3) is 5.06. The number of nitrogens with zero attached hydrogens (tertiary/aromatic N) is 2. The fourth-order valence-electron chi connectivity index (χ4n) is 2.86. The summed E-state index contributed by atoms with van der Waals surface area (Å²) in [7, 11) is 0. The normalized spacial score (nSPS) is 18.2. The van der Waals surface area contributed by atoms with Gasteiger partial charge >= 0.3 is 12.0 Å². The molecule has 0 unspecified atom stereocenters. The van der Waals surface area contributed by atoms with E-state index in [2.05, 4.69) is 10.6 Å². The summed E-state index contributed by atoms with van der Waals surface area (Å²) in [5, 5.41) is 16.0. The van der Waals surface area contributed by atoms with E-state index >= 15 is 0 Å². The smallest absolute Gasteiger partial charge is 0.326 e. The fraction of sp³-hybridized carbons (Fsp3) is 0.421. The minimum Gasteiger partial charge on any atom is -0.454 e. The number of aryl methyl sites for hydroxylation is 2. The number of hydrogen-bond acceptors (Lipinski definition) is 7. The second kappa shape index (κ2) is 8.96. The summed E-state index contributed by atoms with van der Waals surface area (Å²) < 4.78 is 4.91. The summed E-state index contributed by atoms with van der Waals surface area (Å²) in [6.45, 7) is 5.79. The molecule has 29 heavy (non-hydrogen) atoms. The van der Waals surface area contributed by atoms with Gasteiger partial charge in [0.15, 0.2) is 6.61 Å². The van der Waals surface area contributed by atoms with E-state index < -0.39 is 42.5 Å². The molecule has 1 aromatic carbocycles. The zero-order valence-corrected chi connectivity index (χ0v) is 17.4. The van der Waals surface area contributed by atoms with Crippen LogP contribution in [0.5, 0.6) is 0 Å². The lowest BCUT2D eigenvalue weighted by Gasteiger charge is -2.18. The van der Waals surface area contributed by atoms with Gasteiger partial charge in [0, 0.05) is 10.6 Å². The van der Waals surface area contributed by atoms with Crippen LogP contribution in [0, 0.1) is 24.5 Å². The first-order valence-corrected chi connectivity index (χ1v) is 9.69. The van der Waals surface area contributed by atoms with Crippen molar-refractivity contribution in [3.05, 3.63) is 23.3 Å². The molecular weight excluding hydrogens is 396 g/mol. The molecular formula is C19H22N4O5S. The third-order valence-electron chi connectivity index (χ3n) is 4.64. The molecule has 1 fully saturated rings. The molecule has 10 heteroatoms. The van der Waals surface area contributed by atoms with Crippen LogP contribution in [0.1, 0.15) is 31.4 Å². The molecule has 1 atom stereocenters. The maximum absolute atomic E-state index is 12.3. The first-order valence-electron chi connectivity index (χ1n) is 8.88. The topological polar surface area (TPSA) is 129 Å². The zero-order chi connectivity index (χ0) is 21.8. The number of thiocyanates is 1. The Morgan fingerprint density at radius 1 is 1.31 bits per heavy atom. The predicted molar refractivity (Wildman–Crippen MR) is 106 cm³/mol. The Morgan fingerprint density at radius 2 is 1.93 bits per heavy atom. The van der Waals surface area contributed by atoms with Crippen molar-refractivity contribution in [1.29, 1.82) is 5.26 Å². The number of carbonyl (C=O) groups excluding carboxylic acids is 4. The Hall–Kier alpha value is -3.06. The average molecular weight is 418 g/mol. The fourth-order valence-corrected chi connectivity index (χ4v) is 3.44. The highest BCUT2D eigenvalue weighted by Crippen LogP contribution is 2.27. The molecule has 0 spiro atoms. The lowest BCUT2D eigenvalue weighted by molar-refractivity contribution is -0.150. The summed E-state index contributed by atoms with van der Waals surface area (Å²) in [5.74, 6) is -1.92. The molecule has 1 aromatic rings. The van der Waals surface area contributed by atoms with Crippen molar-refractivity contribution in [3.63, 3.8) is 0 Å². The van der Waals surface area contributed by atoms with Gasteiger partial charge < -0.3 is 15.4 Å². The number of hydrogen-bond donors (Lipinski definition) is 2. The molecule has 154 valence electrons. The molecule has 9 nitrogen and oxygen atoms in total. The van der Waals surface area contributed by atoms with E-state index in [4.69, 9.17) is 10.00 Å². The number of esters is 1. The van der Waals surface area contributed by atoms with Crippen molar-refractivity contribution in [3.8, 4) is 5.40 Å². The van der Waals surface area contributed by atoms with E-state index in [9.17, 15) is 19.2 Å². The van der Waals surface area contributed by atoms with E-state index in [1.807, 2.05) is 5.40 Å². The van der Waals surface area contributed by atoms with Gasteiger partial charge in [-0.25, -0.2) is 4.79 Å². The van der Waals surface area contributed by atoms with Crippen LogP contribution < -0.4 is 10.6 Å². The van der Waals surface area contributed by atoms with Crippen molar-refractivity contribution in [2.75, 3.05) is 18.5 Å². The molecule has 0 saturated carbocycles. The molecule has 0 radical (unpaired) electrons. The van der Waals surface area contributed by atoms with Gasteiger partial charge in [-0.2, -0.15) is 5.26 Å². The van der Waals surface area contributed by atoms with Crippen LogP contribution in [-0.2, 0) is 19.1 Å². The number of rotatable bonds is 7. The number of nitrogens with one attached hydrogen (secondary N) is 2. The summed E-state index contributed by atoms with van der Waals surface area (Å²) in [6, 6.07) is 2.87. The van der Waals surface area contributed by atoms with Crippen LogP contribution in [0.2, 0.25) is 0 Å². The molecule has 0 bridgehead atoms. The highest BCUT2D eigenvalue weighted by atomic mass is 32.2. The minimum atomic E-state index is -1.04. The second-order valence-corrected chi connectivity index (χ2v) is 7.70. The van der Waals surface area contributed by atoms with Gasteiger partial charge in [0.1, 0.15) is 17.5 Å². The summed E-state index contributed by atoms with van der Waals surface area (Å²) in [4.78, 5) is 49.8. The number of amides is 4. The van der Waals surface area contributed by atoms with Crippen molar-refractivity contribution in [2.45, 2.75) is 44.6 Å². The van der Waals surface area contributed by atoms with Crippen LogP contribution >= 0.6 is 11.8 Å². The number of ether oxygens (including phenoxy) is 1. The molecule has 2 N–H and O–H groups in total. The second-order valence-electron chi connectivity index (χ2n) is 6.84. The highest BCUT2D eigenvalue weighted by Gasteiger charge is 2.47. The average Bonchev–Trinajstić information content (AvgIpc) is 2.87. The Morgan fingerprint density at radius 3 is 2.45 bits per heavy atom. The first kappa shape index (κ1) is 22.2. The molecule has 0 aromatic heterocycles.